The monoisotopic (exact) mass is 327 g/mol. The minimum absolute atomic E-state index is 0.494. The molecule has 1 heterocycles. The van der Waals surface area contributed by atoms with Crippen molar-refractivity contribution in [1.29, 1.82) is 0 Å². The second kappa shape index (κ2) is 6.77. The number of rotatable bonds is 4. The van der Waals surface area contributed by atoms with Crippen molar-refractivity contribution in [2.45, 2.75) is 0 Å². The van der Waals surface area contributed by atoms with Gasteiger partial charge in [0.1, 0.15) is 0 Å². The van der Waals surface area contributed by atoms with Crippen LogP contribution < -0.4 is 10.2 Å². The van der Waals surface area contributed by atoms with Crippen LogP contribution in [0.25, 0.3) is 0 Å². The zero-order chi connectivity index (χ0) is 13.7. The topological polar surface area (TPSA) is 55.8 Å². The molecule has 0 unspecified atom stereocenters. The minimum atomic E-state index is -0.950. The number of carboxylic acid groups (broad SMARTS) is 1. The lowest BCUT2D eigenvalue weighted by atomic mass is 10.2. The van der Waals surface area contributed by atoms with Crippen LogP contribution in [-0.4, -0.2) is 55.4 Å². The Morgan fingerprint density at radius 2 is 1.84 bits per heavy atom. The van der Waals surface area contributed by atoms with Gasteiger partial charge >= 0.3 is 6.09 Å². The molecule has 2 rings (SSSR count). The number of halogens is 1. The molecule has 1 aliphatic rings. The lowest BCUT2D eigenvalue weighted by Gasteiger charge is -2.36. The molecule has 19 heavy (non-hydrogen) atoms. The van der Waals surface area contributed by atoms with Crippen LogP contribution in [0.5, 0.6) is 0 Å². The number of nitrogens with one attached hydrogen (secondary N) is 1. The van der Waals surface area contributed by atoms with Crippen LogP contribution in [0.1, 0.15) is 0 Å². The molecule has 1 amide bonds. The fraction of sp³-hybridized carbons (Fsp3) is 0.462. The smallest absolute Gasteiger partial charge is 0.404 e. The summed E-state index contributed by atoms with van der Waals surface area (Å²) in [6.07, 6.45) is -0.950. The maximum Gasteiger partial charge on any atom is 0.404 e. The molecule has 2 N–H and O–H groups in total. The molecule has 0 saturated carbocycles. The molecule has 1 aromatic carbocycles. The van der Waals surface area contributed by atoms with E-state index in [2.05, 4.69) is 55.3 Å². The molecule has 0 bridgehead atoms. The average molecular weight is 328 g/mol. The van der Waals surface area contributed by atoms with Crippen molar-refractivity contribution in [1.82, 2.24) is 10.2 Å². The molecule has 6 heteroatoms. The summed E-state index contributed by atoms with van der Waals surface area (Å²) in [4.78, 5) is 15.0. The molecular formula is C13H18BrN3O2. The summed E-state index contributed by atoms with van der Waals surface area (Å²) in [5, 5.41) is 10.9. The Morgan fingerprint density at radius 3 is 2.42 bits per heavy atom. The third-order valence-corrected chi connectivity index (χ3v) is 3.80. The first kappa shape index (κ1) is 14.1. The van der Waals surface area contributed by atoms with Gasteiger partial charge in [-0.05, 0) is 24.3 Å². The van der Waals surface area contributed by atoms with Crippen molar-refractivity contribution in [3.05, 3.63) is 28.7 Å². The molecule has 0 aromatic heterocycles. The van der Waals surface area contributed by atoms with Gasteiger partial charge in [0.15, 0.2) is 0 Å². The van der Waals surface area contributed by atoms with E-state index in [-0.39, 0.29) is 0 Å². The first-order valence-corrected chi connectivity index (χ1v) is 7.14. The van der Waals surface area contributed by atoms with Crippen LogP contribution in [0.15, 0.2) is 28.7 Å². The maximum absolute atomic E-state index is 10.4. The van der Waals surface area contributed by atoms with Gasteiger partial charge in [0.25, 0.3) is 0 Å². The van der Waals surface area contributed by atoms with Crippen molar-refractivity contribution in [3.8, 4) is 0 Å². The van der Waals surface area contributed by atoms with E-state index in [1.807, 2.05) is 0 Å². The van der Waals surface area contributed by atoms with E-state index < -0.39 is 6.09 Å². The number of hydrogen-bond donors (Lipinski definition) is 2. The molecule has 0 spiro atoms. The standard InChI is InChI=1S/C13H18BrN3O2/c14-11-1-3-12(4-2-11)17-9-7-16(8-10-17)6-5-15-13(18)19/h1-4,15H,5-10H2,(H,18,19). The minimum Gasteiger partial charge on any atom is -0.465 e. The summed E-state index contributed by atoms with van der Waals surface area (Å²) in [5.74, 6) is 0. The highest BCUT2D eigenvalue weighted by Gasteiger charge is 2.16. The number of benzene rings is 1. The van der Waals surface area contributed by atoms with Gasteiger partial charge in [-0.1, -0.05) is 15.9 Å². The van der Waals surface area contributed by atoms with Gasteiger partial charge in [-0.25, -0.2) is 4.79 Å². The molecular weight excluding hydrogens is 310 g/mol. The highest BCUT2D eigenvalue weighted by molar-refractivity contribution is 9.10. The normalized spacial score (nSPS) is 16.4. The van der Waals surface area contributed by atoms with Crippen molar-refractivity contribution < 1.29 is 9.90 Å². The zero-order valence-electron chi connectivity index (χ0n) is 10.7. The van der Waals surface area contributed by atoms with Crippen LogP contribution in [0.3, 0.4) is 0 Å². The number of hydrogen-bond acceptors (Lipinski definition) is 3. The number of amides is 1. The predicted octanol–water partition coefficient (Wildman–Crippen LogP) is 1.84. The molecule has 1 aliphatic heterocycles. The van der Waals surface area contributed by atoms with E-state index in [0.29, 0.717) is 6.54 Å². The number of piperazine rings is 1. The van der Waals surface area contributed by atoms with Crippen LogP contribution >= 0.6 is 15.9 Å². The number of carbonyl (C=O) groups is 1. The van der Waals surface area contributed by atoms with Gasteiger partial charge in [0, 0.05) is 49.4 Å². The molecule has 0 aliphatic carbocycles. The Labute approximate surface area is 121 Å². The van der Waals surface area contributed by atoms with E-state index in [0.717, 1.165) is 37.2 Å². The second-order valence-corrected chi connectivity index (χ2v) is 5.45. The Bertz CT molecular complexity index is 416. The highest BCUT2D eigenvalue weighted by Crippen LogP contribution is 2.19. The predicted molar refractivity (Wildman–Crippen MR) is 78.8 cm³/mol. The van der Waals surface area contributed by atoms with Crippen molar-refractivity contribution >= 4 is 27.7 Å². The number of anilines is 1. The Morgan fingerprint density at radius 1 is 1.21 bits per heavy atom. The molecule has 1 fully saturated rings. The van der Waals surface area contributed by atoms with Gasteiger partial charge in [-0.2, -0.15) is 0 Å². The van der Waals surface area contributed by atoms with Crippen molar-refractivity contribution in [2.75, 3.05) is 44.2 Å². The summed E-state index contributed by atoms with van der Waals surface area (Å²) in [6, 6.07) is 8.34. The third kappa shape index (κ3) is 4.40. The molecule has 0 atom stereocenters. The second-order valence-electron chi connectivity index (χ2n) is 4.54. The molecule has 104 valence electrons. The molecule has 1 aromatic rings. The van der Waals surface area contributed by atoms with Gasteiger partial charge in [-0.3, -0.25) is 4.90 Å². The fourth-order valence-corrected chi connectivity index (χ4v) is 2.47. The quantitative estimate of drug-likeness (QED) is 0.886. The maximum atomic E-state index is 10.4. The van der Waals surface area contributed by atoms with Gasteiger partial charge in [0.2, 0.25) is 0 Å². The van der Waals surface area contributed by atoms with E-state index in [1.165, 1.54) is 5.69 Å². The fourth-order valence-electron chi connectivity index (χ4n) is 2.20. The SMILES string of the molecule is O=C(O)NCCN1CCN(c2ccc(Br)cc2)CC1. The Balaban J connectivity index is 1.76. The highest BCUT2D eigenvalue weighted by atomic mass is 79.9. The van der Waals surface area contributed by atoms with Crippen LogP contribution in [0.4, 0.5) is 10.5 Å². The number of nitrogens with zero attached hydrogens (tertiary/aromatic N) is 2. The van der Waals surface area contributed by atoms with E-state index in [4.69, 9.17) is 5.11 Å². The summed E-state index contributed by atoms with van der Waals surface area (Å²) in [6.45, 7) is 5.17. The van der Waals surface area contributed by atoms with Crippen molar-refractivity contribution in [3.63, 3.8) is 0 Å². The molecule has 0 radical (unpaired) electrons. The van der Waals surface area contributed by atoms with E-state index in [1.54, 1.807) is 0 Å². The van der Waals surface area contributed by atoms with Crippen molar-refractivity contribution in [2.24, 2.45) is 0 Å². The van der Waals surface area contributed by atoms with E-state index in [9.17, 15) is 4.79 Å². The molecule has 1 saturated heterocycles. The van der Waals surface area contributed by atoms with Gasteiger partial charge in [-0.15, -0.1) is 0 Å². The molecule has 5 nitrogen and oxygen atoms in total. The Hall–Kier alpha value is -1.27. The third-order valence-electron chi connectivity index (χ3n) is 3.27. The largest absolute Gasteiger partial charge is 0.465 e. The lowest BCUT2D eigenvalue weighted by Crippen LogP contribution is -2.48. The summed E-state index contributed by atoms with van der Waals surface area (Å²) < 4.78 is 1.09. The zero-order valence-corrected chi connectivity index (χ0v) is 12.3. The van der Waals surface area contributed by atoms with Gasteiger partial charge < -0.3 is 15.3 Å². The van der Waals surface area contributed by atoms with Gasteiger partial charge in [0.05, 0.1) is 0 Å². The Kier molecular flexibility index (Phi) is 5.04. The average Bonchev–Trinajstić information content (AvgIpc) is 2.40. The van der Waals surface area contributed by atoms with Crippen LogP contribution in [-0.2, 0) is 0 Å². The lowest BCUT2D eigenvalue weighted by molar-refractivity contribution is 0.190. The summed E-state index contributed by atoms with van der Waals surface area (Å²) >= 11 is 3.44. The van der Waals surface area contributed by atoms with Crippen LogP contribution in [0, 0.1) is 0 Å². The van der Waals surface area contributed by atoms with Crippen LogP contribution in [0.2, 0.25) is 0 Å². The first-order valence-electron chi connectivity index (χ1n) is 6.35. The first-order chi connectivity index (χ1) is 9.15. The summed E-state index contributed by atoms with van der Waals surface area (Å²) in [7, 11) is 0. The summed E-state index contributed by atoms with van der Waals surface area (Å²) in [5.41, 5.74) is 1.24. The van der Waals surface area contributed by atoms with E-state index >= 15 is 0 Å².